The summed E-state index contributed by atoms with van der Waals surface area (Å²) in [4.78, 5) is 22.6. The van der Waals surface area contributed by atoms with E-state index >= 15 is 0 Å². The normalized spacial score (nSPS) is 26.8. The van der Waals surface area contributed by atoms with E-state index in [2.05, 4.69) is 16.5 Å². The van der Waals surface area contributed by atoms with Crippen molar-refractivity contribution in [2.24, 2.45) is 0 Å². The predicted octanol–water partition coefficient (Wildman–Crippen LogP) is 1.37. The van der Waals surface area contributed by atoms with Crippen LogP contribution in [0.1, 0.15) is 24.8 Å². The van der Waals surface area contributed by atoms with Crippen LogP contribution in [-0.4, -0.2) is 58.8 Å². The minimum absolute atomic E-state index is 0.00675. The highest BCUT2D eigenvalue weighted by Crippen LogP contribution is 2.32. The standard InChI is InChI=1S/C17H23N3O3/c1-2-8-22-15-5-4-14-17(15)23-9-7-20(14)16(21)6-3-13-10-18-12-19-11-13/h2,10-12,14-15,17H,1,3-9H2/t14-,15-,17+/m0/s1. The molecule has 1 aliphatic carbocycles. The lowest BCUT2D eigenvalue weighted by atomic mass is 10.1. The van der Waals surface area contributed by atoms with Crippen LogP contribution in [0.5, 0.6) is 0 Å². The summed E-state index contributed by atoms with van der Waals surface area (Å²) >= 11 is 0. The van der Waals surface area contributed by atoms with Gasteiger partial charge in [0.1, 0.15) is 12.4 Å². The highest BCUT2D eigenvalue weighted by Gasteiger charge is 2.44. The van der Waals surface area contributed by atoms with Crippen molar-refractivity contribution in [3.05, 3.63) is 36.9 Å². The highest BCUT2D eigenvalue weighted by atomic mass is 16.5. The number of hydrogen-bond donors (Lipinski definition) is 0. The van der Waals surface area contributed by atoms with Crippen LogP contribution in [0.15, 0.2) is 31.4 Å². The Bertz CT molecular complexity index is 537. The molecule has 1 saturated carbocycles. The van der Waals surface area contributed by atoms with Crippen LogP contribution >= 0.6 is 0 Å². The Labute approximate surface area is 136 Å². The quantitative estimate of drug-likeness (QED) is 0.742. The average molecular weight is 317 g/mol. The van der Waals surface area contributed by atoms with Gasteiger partial charge in [-0.3, -0.25) is 4.79 Å². The van der Waals surface area contributed by atoms with E-state index in [0.717, 1.165) is 18.4 Å². The third-order valence-corrected chi connectivity index (χ3v) is 4.53. The molecule has 3 rings (SSSR count). The SMILES string of the molecule is C=CCO[C@H]1CC[C@H]2[C@H]1OCCN2C(=O)CCc1cncnc1. The first-order valence-electron chi connectivity index (χ1n) is 8.17. The molecule has 6 nitrogen and oxygen atoms in total. The Kier molecular flexibility index (Phi) is 5.35. The average Bonchev–Trinajstić information content (AvgIpc) is 3.02. The Balaban J connectivity index is 1.57. The molecule has 2 fully saturated rings. The van der Waals surface area contributed by atoms with Crippen LogP contribution in [0.25, 0.3) is 0 Å². The zero-order chi connectivity index (χ0) is 16.1. The van der Waals surface area contributed by atoms with E-state index in [1.54, 1.807) is 18.5 Å². The molecule has 6 heteroatoms. The van der Waals surface area contributed by atoms with Gasteiger partial charge in [-0.1, -0.05) is 6.08 Å². The highest BCUT2D eigenvalue weighted by molar-refractivity contribution is 5.77. The van der Waals surface area contributed by atoms with Crippen molar-refractivity contribution in [2.75, 3.05) is 19.8 Å². The maximum absolute atomic E-state index is 12.6. The molecular weight excluding hydrogens is 294 g/mol. The monoisotopic (exact) mass is 317 g/mol. The van der Waals surface area contributed by atoms with Crippen molar-refractivity contribution in [1.82, 2.24) is 14.9 Å². The van der Waals surface area contributed by atoms with Gasteiger partial charge in [-0.25, -0.2) is 9.97 Å². The number of rotatable bonds is 6. The Morgan fingerprint density at radius 3 is 3.04 bits per heavy atom. The second-order valence-corrected chi connectivity index (χ2v) is 5.97. The Morgan fingerprint density at radius 1 is 1.43 bits per heavy atom. The zero-order valence-electron chi connectivity index (χ0n) is 13.3. The van der Waals surface area contributed by atoms with Gasteiger partial charge in [-0.2, -0.15) is 0 Å². The number of fused-ring (bicyclic) bond motifs is 1. The predicted molar refractivity (Wildman–Crippen MR) is 84.8 cm³/mol. The number of aromatic nitrogens is 2. The maximum Gasteiger partial charge on any atom is 0.223 e. The van der Waals surface area contributed by atoms with Crippen LogP contribution in [0, 0.1) is 0 Å². The van der Waals surface area contributed by atoms with Gasteiger partial charge in [0.2, 0.25) is 5.91 Å². The molecule has 1 amide bonds. The number of morpholine rings is 1. The third-order valence-electron chi connectivity index (χ3n) is 4.53. The fraction of sp³-hybridized carbons (Fsp3) is 0.588. The lowest BCUT2D eigenvalue weighted by Gasteiger charge is -2.39. The van der Waals surface area contributed by atoms with Crippen LogP contribution in [0.4, 0.5) is 0 Å². The molecule has 1 aromatic rings. The van der Waals surface area contributed by atoms with E-state index in [0.29, 0.717) is 32.6 Å². The third kappa shape index (κ3) is 3.76. The number of nitrogens with zero attached hydrogens (tertiary/aromatic N) is 3. The molecule has 0 radical (unpaired) electrons. The number of carbonyl (C=O) groups excluding carboxylic acids is 1. The number of ether oxygens (including phenoxy) is 2. The van der Waals surface area contributed by atoms with Crippen molar-refractivity contribution < 1.29 is 14.3 Å². The molecule has 124 valence electrons. The largest absolute Gasteiger partial charge is 0.372 e. The summed E-state index contributed by atoms with van der Waals surface area (Å²) in [5, 5.41) is 0. The molecular formula is C17H23N3O3. The first kappa shape index (κ1) is 16.1. The van der Waals surface area contributed by atoms with Crippen LogP contribution in [0.3, 0.4) is 0 Å². The van der Waals surface area contributed by atoms with Crippen LogP contribution < -0.4 is 0 Å². The van der Waals surface area contributed by atoms with E-state index in [9.17, 15) is 4.79 Å². The van der Waals surface area contributed by atoms with Gasteiger partial charge >= 0.3 is 0 Å². The van der Waals surface area contributed by atoms with Gasteiger partial charge in [0.05, 0.1) is 25.4 Å². The summed E-state index contributed by atoms with van der Waals surface area (Å²) in [6, 6.07) is 0.137. The van der Waals surface area contributed by atoms with Crippen molar-refractivity contribution in [1.29, 1.82) is 0 Å². The summed E-state index contributed by atoms with van der Waals surface area (Å²) in [6.07, 6.45) is 9.85. The van der Waals surface area contributed by atoms with Crippen molar-refractivity contribution in [3.8, 4) is 0 Å². The molecule has 1 aliphatic heterocycles. The molecule has 2 aliphatic rings. The van der Waals surface area contributed by atoms with Gasteiger partial charge in [0.15, 0.2) is 0 Å². The van der Waals surface area contributed by atoms with E-state index in [-0.39, 0.29) is 24.2 Å². The van der Waals surface area contributed by atoms with E-state index in [1.807, 2.05) is 4.90 Å². The van der Waals surface area contributed by atoms with Gasteiger partial charge in [-0.15, -0.1) is 6.58 Å². The maximum atomic E-state index is 12.6. The fourth-order valence-electron chi connectivity index (χ4n) is 3.45. The number of hydrogen-bond acceptors (Lipinski definition) is 5. The van der Waals surface area contributed by atoms with Crippen LogP contribution in [0.2, 0.25) is 0 Å². The minimum Gasteiger partial charge on any atom is -0.372 e. The van der Waals surface area contributed by atoms with E-state index in [4.69, 9.17) is 9.47 Å². The molecule has 2 heterocycles. The molecule has 0 unspecified atom stereocenters. The first-order chi connectivity index (χ1) is 11.3. The van der Waals surface area contributed by atoms with Gasteiger partial charge in [0.25, 0.3) is 0 Å². The second-order valence-electron chi connectivity index (χ2n) is 5.97. The molecule has 0 spiro atoms. The molecule has 23 heavy (non-hydrogen) atoms. The van der Waals surface area contributed by atoms with Gasteiger partial charge in [0, 0.05) is 25.4 Å². The summed E-state index contributed by atoms with van der Waals surface area (Å²) in [5.74, 6) is 0.177. The second kappa shape index (κ2) is 7.66. The summed E-state index contributed by atoms with van der Waals surface area (Å²) in [7, 11) is 0. The van der Waals surface area contributed by atoms with Crippen LogP contribution in [-0.2, 0) is 20.7 Å². The van der Waals surface area contributed by atoms with E-state index < -0.39 is 0 Å². The molecule has 0 aromatic carbocycles. The number of amides is 1. The molecule has 3 atom stereocenters. The molecule has 1 saturated heterocycles. The first-order valence-corrected chi connectivity index (χ1v) is 8.17. The summed E-state index contributed by atoms with van der Waals surface area (Å²) in [6.45, 7) is 5.45. The zero-order valence-corrected chi connectivity index (χ0v) is 13.3. The lowest BCUT2D eigenvalue weighted by molar-refractivity contribution is -0.150. The summed E-state index contributed by atoms with van der Waals surface area (Å²) in [5.41, 5.74) is 0.990. The number of aryl methyl sites for hydroxylation is 1. The Morgan fingerprint density at radius 2 is 2.26 bits per heavy atom. The smallest absolute Gasteiger partial charge is 0.223 e. The number of carbonyl (C=O) groups is 1. The Hall–Kier alpha value is -1.79. The molecule has 0 bridgehead atoms. The van der Waals surface area contributed by atoms with Crippen molar-refractivity contribution in [3.63, 3.8) is 0 Å². The van der Waals surface area contributed by atoms with Gasteiger partial charge in [-0.05, 0) is 24.8 Å². The van der Waals surface area contributed by atoms with Crippen molar-refractivity contribution in [2.45, 2.75) is 43.9 Å². The minimum atomic E-state index is -0.00675. The summed E-state index contributed by atoms with van der Waals surface area (Å²) < 4.78 is 11.7. The van der Waals surface area contributed by atoms with E-state index in [1.165, 1.54) is 6.33 Å². The fourth-order valence-corrected chi connectivity index (χ4v) is 3.45. The van der Waals surface area contributed by atoms with Crippen molar-refractivity contribution >= 4 is 5.91 Å². The van der Waals surface area contributed by atoms with Gasteiger partial charge < -0.3 is 14.4 Å². The lowest BCUT2D eigenvalue weighted by Crippen LogP contribution is -2.54. The topological polar surface area (TPSA) is 64.6 Å². The molecule has 0 N–H and O–H groups in total. The molecule has 1 aromatic heterocycles.